The average Bonchev–Trinajstić information content (AvgIpc) is 3.13. The average molecular weight is 384 g/mol. The summed E-state index contributed by atoms with van der Waals surface area (Å²) in [5, 5.41) is 17.8. The van der Waals surface area contributed by atoms with Crippen LogP contribution in [-0.4, -0.2) is 22.6 Å². The van der Waals surface area contributed by atoms with Gasteiger partial charge in [-0.2, -0.15) is 5.26 Å². The Bertz CT molecular complexity index is 883. The first-order valence-corrected chi connectivity index (χ1v) is 9.76. The monoisotopic (exact) mass is 384 g/mol. The first-order chi connectivity index (χ1) is 12.6. The van der Waals surface area contributed by atoms with Gasteiger partial charge in [0.05, 0.1) is 22.4 Å². The minimum absolute atomic E-state index is 0.0843. The lowest BCUT2D eigenvalue weighted by atomic mass is 9.87. The molecule has 2 amide bonds. The highest BCUT2D eigenvalue weighted by Gasteiger charge is 2.29. The van der Waals surface area contributed by atoms with Gasteiger partial charge < -0.3 is 10.6 Å². The number of carbonyl (C=O) groups is 2. The molecule has 1 atom stereocenters. The smallest absolute Gasteiger partial charge is 0.236 e. The molecule has 2 aromatic rings. The molecule has 1 aromatic carbocycles. The quantitative estimate of drug-likeness (QED) is 0.826. The van der Waals surface area contributed by atoms with Gasteiger partial charge in [-0.1, -0.05) is 41.6 Å². The van der Waals surface area contributed by atoms with Crippen molar-refractivity contribution < 1.29 is 9.59 Å². The number of nitriles is 1. The second-order valence-electron chi connectivity index (χ2n) is 5.74. The van der Waals surface area contributed by atoms with Crippen LogP contribution in [0.15, 0.2) is 46.4 Å². The number of amides is 2. The zero-order valence-electron chi connectivity index (χ0n) is 14.0. The van der Waals surface area contributed by atoms with Crippen molar-refractivity contribution in [3.8, 4) is 6.07 Å². The van der Waals surface area contributed by atoms with Gasteiger partial charge in [-0.15, -0.1) is 11.3 Å². The maximum atomic E-state index is 12.1. The molecule has 0 fully saturated rings. The van der Waals surface area contributed by atoms with E-state index in [2.05, 4.69) is 21.7 Å². The molecule has 0 spiro atoms. The van der Waals surface area contributed by atoms with Gasteiger partial charge in [0.2, 0.25) is 11.8 Å². The number of carbonyl (C=O) groups excluding carboxylic acids is 2. The summed E-state index contributed by atoms with van der Waals surface area (Å²) < 4.78 is 0. The van der Waals surface area contributed by atoms with E-state index in [1.54, 1.807) is 11.6 Å². The molecule has 2 N–H and O–H groups in total. The lowest BCUT2D eigenvalue weighted by molar-refractivity contribution is -0.121. The number of aromatic nitrogens is 1. The molecule has 26 heavy (non-hydrogen) atoms. The molecular formula is C18H16N4O2S2. The Morgan fingerprint density at radius 2 is 2.23 bits per heavy atom. The van der Waals surface area contributed by atoms with Crippen molar-refractivity contribution in [1.82, 2.24) is 10.3 Å². The van der Waals surface area contributed by atoms with Crippen LogP contribution in [0.5, 0.6) is 0 Å². The molecule has 8 heteroatoms. The van der Waals surface area contributed by atoms with Crippen LogP contribution in [-0.2, 0) is 9.59 Å². The molecule has 0 bridgehead atoms. The van der Waals surface area contributed by atoms with Crippen molar-refractivity contribution in [3.05, 3.63) is 57.6 Å². The normalized spacial score (nSPS) is 16.8. The SMILES string of the molecule is Cc1ccc([C@@H]2CC(=O)NC(SCC(=O)Nc3nccs3)=C2C#N)cc1. The number of thiazole rings is 1. The molecule has 0 saturated heterocycles. The standard InChI is InChI=1S/C18H16N4O2S2/c1-11-2-4-12(5-3-11)13-8-15(23)21-17(14(13)9-19)26-10-16(24)22-18-20-6-7-25-18/h2-7,13H,8,10H2,1H3,(H,21,23)(H,20,22,24)/t13-/m0/s1. The van der Waals surface area contributed by atoms with Gasteiger partial charge in [0, 0.05) is 23.9 Å². The lowest BCUT2D eigenvalue weighted by Gasteiger charge is -2.25. The number of thioether (sulfide) groups is 1. The molecule has 2 heterocycles. The molecule has 1 aliphatic heterocycles. The number of anilines is 1. The fraction of sp³-hybridized carbons (Fsp3) is 0.222. The number of rotatable bonds is 5. The summed E-state index contributed by atoms with van der Waals surface area (Å²) in [6.07, 6.45) is 1.83. The fourth-order valence-corrected chi connectivity index (χ4v) is 4.02. The lowest BCUT2D eigenvalue weighted by Crippen LogP contribution is -2.31. The van der Waals surface area contributed by atoms with Crippen LogP contribution in [0.4, 0.5) is 5.13 Å². The van der Waals surface area contributed by atoms with Crippen LogP contribution < -0.4 is 10.6 Å². The second kappa shape index (κ2) is 8.17. The third kappa shape index (κ3) is 4.31. The van der Waals surface area contributed by atoms with Gasteiger partial charge in [0.25, 0.3) is 0 Å². The number of hydrogen-bond acceptors (Lipinski definition) is 6. The van der Waals surface area contributed by atoms with Gasteiger partial charge in [0.15, 0.2) is 5.13 Å². The third-order valence-corrected chi connectivity index (χ3v) is 5.57. The summed E-state index contributed by atoms with van der Waals surface area (Å²) in [6, 6.07) is 10.0. The Kier molecular flexibility index (Phi) is 5.71. The van der Waals surface area contributed by atoms with Gasteiger partial charge in [-0.25, -0.2) is 4.98 Å². The molecule has 1 aliphatic rings. The summed E-state index contributed by atoms with van der Waals surface area (Å²) in [7, 11) is 0. The molecule has 0 aliphatic carbocycles. The number of nitrogens with one attached hydrogen (secondary N) is 2. The van der Waals surface area contributed by atoms with Crippen LogP contribution in [0, 0.1) is 18.3 Å². The highest BCUT2D eigenvalue weighted by molar-refractivity contribution is 8.03. The highest BCUT2D eigenvalue weighted by atomic mass is 32.2. The Hall–Kier alpha value is -2.63. The molecule has 132 valence electrons. The molecular weight excluding hydrogens is 368 g/mol. The van der Waals surface area contributed by atoms with E-state index in [9.17, 15) is 14.9 Å². The third-order valence-electron chi connectivity index (χ3n) is 3.86. The molecule has 0 unspecified atom stereocenters. The Morgan fingerprint density at radius 1 is 1.46 bits per heavy atom. The molecule has 1 aromatic heterocycles. The molecule has 6 nitrogen and oxygen atoms in total. The van der Waals surface area contributed by atoms with Crippen LogP contribution in [0.25, 0.3) is 0 Å². The maximum Gasteiger partial charge on any atom is 0.236 e. The van der Waals surface area contributed by atoms with Gasteiger partial charge in [0.1, 0.15) is 0 Å². The fourth-order valence-electron chi connectivity index (χ4n) is 2.59. The van der Waals surface area contributed by atoms with E-state index >= 15 is 0 Å². The number of benzene rings is 1. The number of aryl methyl sites for hydroxylation is 1. The Balaban J connectivity index is 1.76. The van der Waals surface area contributed by atoms with Crippen molar-refractivity contribution in [1.29, 1.82) is 5.26 Å². The van der Waals surface area contributed by atoms with Gasteiger partial charge >= 0.3 is 0 Å². The first-order valence-electron chi connectivity index (χ1n) is 7.89. The number of allylic oxidation sites excluding steroid dienone is 1. The predicted molar refractivity (Wildman–Crippen MR) is 103 cm³/mol. The van der Waals surface area contributed by atoms with E-state index in [0.717, 1.165) is 22.9 Å². The van der Waals surface area contributed by atoms with Crippen LogP contribution in [0.3, 0.4) is 0 Å². The van der Waals surface area contributed by atoms with E-state index in [4.69, 9.17) is 0 Å². The van der Waals surface area contributed by atoms with Crippen LogP contribution in [0.1, 0.15) is 23.5 Å². The largest absolute Gasteiger partial charge is 0.320 e. The Morgan fingerprint density at radius 3 is 2.88 bits per heavy atom. The summed E-state index contributed by atoms with van der Waals surface area (Å²) in [6.45, 7) is 1.99. The zero-order chi connectivity index (χ0) is 18.5. The zero-order valence-corrected chi connectivity index (χ0v) is 15.6. The van der Waals surface area contributed by atoms with E-state index < -0.39 is 0 Å². The highest BCUT2D eigenvalue weighted by Crippen LogP contribution is 2.36. The number of nitrogens with zero attached hydrogens (tertiary/aromatic N) is 2. The Labute approximate surface area is 159 Å². The minimum Gasteiger partial charge on any atom is -0.320 e. The predicted octanol–water partition coefficient (Wildman–Crippen LogP) is 3.16. The van der Waals surface area contributed by atoms with Crippen molar-refractivity contribution in [3.63, 3.8) is 0 Å². The topological polar surface area (TPSA) is 94.9 Å². The summed E-state index contributed by atoms with van der Waals surface area (Å²) in [4.78, 5) is 28.1. The van der Waals surface area contributed by atoms with Crippen molar-refractivity contribution >= 4 is 40.0 Å². The molecule has 0 radical (unpaired) electrons. The summed E-state index contributed by atoms with van der Waals surface area (Å²) in [5.74, 6) is -0.598. The first kappa shape index (κ1) is 18.2. The van der Waals surface area contributed by atoms with E-state index in [1.807, 2.05) is 31.2 Å². The van der Waals surface area contributed by atoms with Gasteiger partial charge in [-0.3, -0.25) is 9.59 Å². The molecule has 3 rings (SSSR count). The van der Waals surface area contributed by atoms with Crippen molar-refractivity contribution in [2.45, 2.75) is 19.3 Å². The van der Waals surface area contributed by atoms with E-state index in [1.165, 1.54) is 11.3 Å². The second-order valence-corrected chi connectivity index (χ2v) is 7.62. The van der Waals surface area contributed by atoms with Crippen molar-refractivity contribution in [2.24, 2.45) is 0 Å². The minimum atomic E-state index is -0.293. The van der Waals surface area contributed by atoms with Gasteiger partial charge in [-0.05, 0) is 12.5 Å². The summed E-state index contributed by atoms with van der Waals surface area (Å²) >= 11 is 2.49. The maximum absolute atomic E-state index is 12.1. The number of hydrogen-bond donors (Lipinski definition) is 2. The summed E-state index contributed by atoms with van der Waals surface area (Å²) in [5.41, 5.74) is 2.53. The van der Waals surface area contributed by atoms with E-state index in [-0.39, 0.29) is 29.9 Å². The van der Waals surface area contributed by atoms with E-state index in [0.29, 0.717) is 15.7 Å². The van der Waals surface area contributed by atoms with Crippen molar-refractivity contribution in [2.75, 3.05) is 11.1 Å². The van der Waals surface area contributed by atoms with Crippen LogP contribution >= 0.6 is 23.1 Å². The molecule has 0 saturated carbocycles. The van der Waals surface area contributed by atoms with Crippen LogP contribution in [0.2, 0.25) is 0 Å².